The molecule has 67 heavy (non-hydrogen) atoms. The normalized spacial score (nSPS) is 12.6. The van der Waals surface area contributed by atoms with E-state index in [9.17, 15) is 39.5 Å². The van der Waals surface area contributed by atoms with Crippen molar-refractivity contribution in [1.29, 1.82) is 0 Å². The van der Waals surface area contributed by atoms with Crippen LogP contribution in [0.15, 0.2) is 179 Å². The average molecular weight is 911 g/mol. The smallest absolute Gasteiger partial charge is 0.416 e. The first kappa shape index (κ1) is 41.8. The number of nitrogens with zero attached hydrogens (tertiary/aromatic N) is 2. The van der Waals surface area contributed by atoms with Gasteiger partial charge >= 0.3 is 18.5 Å². The fourth-order valence-electron chi connectivity index (χ4n) is 8.82. The SMILES string of the molecule is Cc1ccc(N(c2ccc(C(F)(F)F)cc2)c2ccc3cc4c(cc3c2)oc2c4ccc3oc4cc5cc(N(c6ccc(C(F)(F)F)cc6)c6ccc(C(F)(F)F)cc6)ccc5cc4c32)cc1. The van der Waals surface area contributed by atoms with Gasteiger partial charge in [0.25, 0.3) is 0 Å². The maximum atomic E-state index is 13.5. The Kier molecular flexibility index (Phi) is 9.38. The fourth-order valence-corrected chi connectivity index (χ4v) is 8.82. The molecule has 0 bridgehead atoms. The molecule has 13 heteroatoms. The lowest BCUT2D eigenvalue weighted by molar-refractivity contribution is -0.138. The maximum Gasteiger partial charge on any atom is 0.416 e. The van der Waals surface area contributed by atoms with Gasteiger partial charge in [-0.2, -0.15) is 39.5 Å². The van der Waals surface area contributed by atoms with Crippen LogP contribution < -0.4 is 9.80 Å². The van der Waals surface area contributed by atoms with E-state index in [1.807, 2.05) is 96.8 Å². The van der Waals surface area contributed by atoms with Gasteiger partial charge in [-0.15, -0.1) is 0 Å². The Bertz CT molecular complexity index is 3640. The molecule has 9 aromatic carbocycles. The Morgan fingerprint density at radius 1 is 0.328 bits per heavy atom. The molecular weight excluding hydrogens is 880 g/mol. The zero-order valence-corrected chi connectivity index (χ0v) is 34.8. The molecule has 2 aromatic heterocycles. The molecular formula is C54H31F9N2O2. The summed E-state index contributed by atoms with van der Waals surface area (Å²) in [4.78, 5) is 3.49. The number of furan rings is 2. The maximum absolute atomic E-state index is 13.5. The molecule has 2 heterocycles. The molecule has 0 radical (unpaired) electrons. The second-order valence-electron chi connectivity index (χ2n) is 16.4. The molecule has 332 valence electrons. The highest BCUT2D eigenvalue weighted by atomic mass is 19.4. The van der Waals surface area contributed by atoms with Gasteiger partial charge in [-0.25, -0.2) is 0 Å². The molecule has 0 atom stereocenters. The molecule has 0 amide bonds. The topological polar surface area (TPSA) is 32.8 Å². The lowest BCUT2D eigenvalue weighted by atomic mass is 10.0. The van der Waals surface area contributed by atoms with Gasteiger partial charge in [-0.05, 0) is 174 Å². The van der Waals surface area contributed by atoms with Crippen molar-refractivity contribution in [2.24, 2.45) is 0 Å². The summed E-state index contributed by atoms with van der Waals surface area (Å²) in [6.07, 6.45) is -13.6. The third-order valence-electron chi connectivity index (χ3n) is 12.1. The molecule has 0 saturated carbocycles. The second kappa shape index (κ2) is 15.1. The molecule has 11 rings (SSSR count). The van der Waals surface area contributed by atoms with E-state index in [4.69, 9.17) is 8.83 Å². The second-order valence-corrected chi connectivity index (χ2v) is 16.4. The van der Waals surface area contributed by atoms with E-state index in [1.165, 1.54) is 36.4 Å². The molecule has 0 fully saturated rings. The zero-order chi connectivity index (χ0) is 46.6. The van der Waals surface area contributed by atoms with E-state index < -0.39 is 35.2 Å². The van der Waals surface area contributed by atoms with Crippen molar-refractivity contribution in [3.05, 3.63) is 192 Å². The largest absolute Gasteiger partial charge is 0.456 e. The van der Waals surface area contributed by atoms with Gasteiger partial charge in [0.1, 0.15) is 22.3 Å². The van der Waals surface area contributed by atoms with Gasteiger partial charge < -0.3 is 18.6 Å². The van der Waals surface area contributed by atoms with E-state index in [2.05, 4.69) is 0 Å². The van der Waals surface area contributed by atoms with Gasteiger partial charge in [0.2, 0.25) is 0 Å². The van der Waals surface area contributed by atoms with Crippen LogP contribution in [0, 0.1) is 6.92 Å². The number of rotatable bonds is 6. The first-order valence-corrected chi connectivity index (χ1v) is 20.8. The van der Waals surface area contributed by atoms with Crippen LogP contribution in [0.1, 0.15) is 22.3 Å². The summed E-state index contributed by atoms with van der Waals surface area (Å²) < 4.78 is 135. The van der Waals surface area contributed by atoms with Crippen LogP contribution in [-0.4, -0.2) is 0 Å². The van der Waals surface area contributed by atoms with Crippen molar-refractivity contribution in [2.45, 2.75) is 25.5 Å². The van der Waals surface area contributed by atoms with E-state index in [-0.39, 0.29) is 0 Å². The van der Waals surface area contributed by atoms with E-state index in [1.54, 1.807) is 17.0 Å². The fraction of sp³-hybridized carbons (Fsp3) is 0.0741. The molecule has 0 N–H and O–H groups in total. The van der Waals surface area contributed by atoms with Gasteiger partial charge in [0.05, 0.1) is 22.1 Å². The summed E-state index contributed by atoms with van der Waals surface area (Å²) in [6.45, 7) is 1.96. The molecule has 0 spiro atoms. The number of aryl methyl sites for hydroxylation is 1. The van der Waals surface area contributed by atoms with Crippen LogP contribution in [0.5, 0.6) is 0 Å². The van der Waals surface area contributed by atoms with Gasteiger partial charge in [0, 0.05) is 50.3 Å². The van der Waals surface area contributed by atoms with Crippen molar-refractivity contribution < 1.29 is 48.3 Å². The zero-order valence-electron chi connectivity index (χ0n) is 34.8. The molecule has 11 aromatic rings. The van der Waals surface area contributed by atoms with Crippen LogP contribution in [-0.2, 0) is 18.5 Å². The number of hydrogen-bond donors (Lipinski definition) is 0. The van der Waals surface area contributed by atoms with Crippen LogP contribution in [0.4, 0.5) is 73.6 Å². The highest BCUT2D eigenvalue weighted by Gasteiger charge is 2.33. The number of alkyl halides is 9. The standard InChI is InChI=1S/C54H31F9N2O2/c1-30-2-12-38(13-3-30)64(39-16-6-35(7-17-39)52(55,56)57)42-14-4-31-26-45-44-22-23-47-50(51(44)67-48(45)28-33(31)24-42)46-27-32-5-15-43(25-34(32)29-49(46)66-47)65(40-18-8-36(9-19-40)53(58,59)60)41-20-10-37(11-21-41)54(61,62)63/h2-29H,1H3. The van der Waals surface area contributed by atoms with Gasteiger partial charge in [-0.1, -0.05) is 29.8 Å². The Morgan fingerprint density at radius 3 is 1.15 bits per heavy atom. The van der Waals surface area contributed by atoms with Crippen molar-refractivity contribution in [3.63, 3.8) is 0 Å². The molecule has 0 aliphatic heterocycles. The highest BCUT2D eigenvalue weighted by molar-refractivity contribution is 6.24. The van der Waals surface area contributed by atoms with E-state index in [0.29, 0.717) is 50.5 Å². The van der Waals surface area contributed by atoms with Gasteiger partial charge in [-0.3, -0.25) is 0 Å². The quantitative estimate of drug-likeness (QED) is 0.156. The van der Waals surface area contributed by atoms with E-state index in [0.717, 1.165) is 91.0 Å². The third-order valence-corrected chi connectivity index (χ3v) is 12.1. The summed E-state index contributed by atoms with van der Waals surface area (Å²) in [7, 11) is 0. The summed E-state index contributed by atoms with van der Waals surface area (Å²) in [5.74, 6) is 0. The summed E-state index contributed by atoms with van der Waals surface area (Å²) >= 11 is 0. The predicted molar refractivity (Wildman–Crippen MR) is 245 cm³/mol. The Labute approximate surface area is 374 Å². The van der Waals surface area contributed by atoms with Crippen LogP contribution in [0.3, 0.4) is 0 Å². The van der Waals surface area contributed by atoms with Crippen molar-refractivity contribution in [1.82, 2.24) is 0 Å². The van der Waals surface area contributed by atoms with Crippen molar-refractivity contribution in [3.8, 4) is 0 Å². The monoisotopic (exact) mass is 910 g/mol. The molecule has 0 aliphatic rings. The average Bonchev–Trinajstić information content (AvgIpc) is 3.85. The Hall–Kier alpha value is -7.93. The third kappa shape index (κ3) is 7.40. The van der Waals surface area contributed by atoms with E-state index >= 15 is 0 Å². The number of fused-ring (bicyclic) bond motifs is 9. The lowest BCUT2D eigenvalue weighted by Gasteiger charge is -2.26. The summed E-state index contributed by atoms with van der Waals surface area (Å²) in [6, 6.07) is 44.4. The Morgan fingerprint density at radius 2 is 0.716 bits per heavy atom. The van der Waals surface area contributed by atoms with Crippen LogP contribution in [0.25, 0.3) is 65.4 Å². The lowest BCUT2D eigenvalue weighted by Crippen LogP contribution is -2.12. The highest BCUT2D eigenvalue weighted by Crippen LogP contribution is 2.45. The minimum Gasteiger partial charge on any atom is -0.456 e. The molecule has 0 saturated heterocycles. The molecule has 4 nitrogen and oxygen atoms in total. The summed E-state index contributed by atoms with van der Waals surface area (Å²) in [5.41, 5.74) is 3.98. The van der Waals surface area contributed by atoms with Crippen molar-refractivity contribution in [2.75, 3.05) is 9.80 Å². The number of anilines is 6. The van der Waals surface area contributed by atoms with Crippen LogP contribution >= 0.6 is 0 Å². The van der Waals surface area contributed by atoms with Crippen molar-refractivity contribution >= 4 is 99.5 Å². The van der Waals surface area contributed by atoms with Gasteiger partial charge in [0.15, 0.2) is 0 Å². The first-order valence-electron chi connectivity index (χ1n) is 20.8. The Balaban J connectivity index is 1.00. The van der Waals surface area contributed by atoms with Crippen LogP contribution in [0.2, 0.25) is 0 Å². The summed E-state index contributed by atoms with van der Waals surface area (Å²) in [5, 5.41) is 6.45. The minimum atomic E-state index is -4.58. The first-order chi connectivity index (χ1) is 32.0. The number of benzene rings is 9. The molecule has 0 aliphatic carbocycles. The minimum absolute atomic E-state index is 0.302. The molecule has 0 unspecified atom stereocenters. The number of halogens is 9. The number of hydrogen-bond acceptors (Lipinski definition) is 4. The predicted octanol–water partition coefficient (Wildman–Crippen LogP) is 18.1.